The molecule has 0 saturated heterocycles. The average molecular weight is 438 g/mol. The van der Waals surface area contributed by atoms with Crippen molar-refractivity contribution >= 4 is 17.7 Å². The number of aromatic carboxylic acids is 1. The van der Waals surface area contributed by atoms with Gasteiger partial charge in [-0.25, -0.2) is 15.4 Å². The van der Waals surface area contributed by atoms with Gasteiger partial charge in [-0.05, 0) is 56.2 Å². The van der Waals surface area contributed by atoms with Gasteiger partial charge < -0.3 is 15.2 Å². The van der Waals surface area contributed by atoms with Crippen LogP contribution < -0.4 is 15.9 Å². The summed E-state index contributed by atoms with van der Waals surface area (Å²) in [7, 11) is 3.08. The maximum Gasteiger partial charge on any atom is 0.354 e. The lowest BCUT2D eigenvalue weighted by molar-refractivity contribution is 0.0684. The predicted molar refractivity (Wildman–Crippen MR) is 122 cm³/mol. The first-order valence-corrected chi connectivity index (χ1v) is 9.98. The summed E-state index contributed by atoms with van der Waals surface area (Å²) in [5.74, 6) is 5.17. The molecule has 0 saturated carbocycles. The van der Waals surface area contributed by atoms with Gasteiger partial charge >= 0.3 is 12.0 Å². The molecule has 0 bridgehead atoms. The van der Waals surface area contributed by atoms with Gasteiger partial charge in [0.2, 0.25) is 0 Å². The summed E-state index contributed by atoms with van der Waals surface area (Å²) in [6, 6.07) is 10.8. The molecule has 0 aliphatic rings. The van der Waals surface area contributed by atoms with Crippen LogP contribution in [-0.2, 0) is 13.7 Å². The van der Waals surface area contributed by atoms with Crippen molar-refractivity contribution in [3.8, 4) is 17.0 Å². The highest BCUT2D eigenvalue weighted by atomic mass is 16.5. The molecule has 3 aromatic rings. The number of hydrogen-bond donors (Lipinski definition) is 3. The van der Waals surface area contributed by atoms with Crippen LogP contribution in [0.3, 0.4) is 0 Å². The summed E-state index contributed by atoms with van der Waals surface area (Å²) in [5, 5.41) is 17.5. The molecule has 0 atom stereocenters. The number of aromatic nitrogens is 2. The highest BCUT2D eigenvalue weighted by molar-refractivity contribution is 5.90. The molecule has 1 aromatic heterocycles. The summed E-state index contributed by atoms with van der Waals surface area (Å²) >= 11 is 0. The molecule has 0 unspecified atom stereocenters. The molecule has 0 aliphatic carbocycles. The maximum absolute atomic E-state index is 12.0. The first kappa shape index (κ1) is 22.8. The Balaban J connectivity index is 1.84. The van der Waals surface area contributed by atoms with Crippen molar-refractivity contribution in [3.05, 3.63) is 64.3 Å². The van der Waals surface area contributed by atoms with Gasteiger partial charge in [0.1, 0.15) is 18.1 Å². The Hall–Kier alpha value is -3.85. The van der Waals surface area contributed by atoms with Crippen LogP contribution in [0.2, 0.25) is 0 Å². The van der Waals surface area contributed by atoms with Crippen molar-refractivity contribution in [3.63, 3.8) is 0 Å². The van der Waals surface area contributed by atoms with Crippen LogP contribution in [0.4, 0.5) is 10.5 Å². The van der Waals surface area contributed by atoms with Crippen LogP contribution in [0.15, 0.2) is 36.4 Å². The van der Waals surface area contributed by atoms with Crippen molar-refractivity contribution in [1.82, 2.24) is 14.8 Å². The standard InChI is InChI=1S/C23H27N5O4/c1-13-7-6-8-18(25-23(31)27(4)24)17(13)12-32-19-10-9-16(11-14(19)2)20-15(3)21(22(29)30)28(5)26-20/h6-11H,12,24H2,1-5H3,(H,25,31)(H,29,30). The molecule has 4 N–H and O–H groups in total. The Kier molecular flexibility index (Phi) is 6.50. The number of carboxylic acid groups (broad SMARTS) is 1. The van der Waals surface area contributed by atoms with Crippen LogP contribution in [0.5, 0.6) is 5.75 Å². The Morgan fingerprint density at radius 1 is 1.19 bits per heavy atom. The number of hydrogen-bond acceptors (Lipinski definition) is 5. The number of benzene rings is 2. The first-order valence-electron chi connectivity index (χ1n) is 9.98. The average Bonchev–Trinajstić information content (AvgIpc) is 3.02. The lowest BCUT2D eigenvalue weighted by Gasteiger charge is -2.17. The number of rotatable bonds is 6. The number of anilines is 1. The van der Waals surface area contributed by atoms with E-state index >= 15 is 0 Å². The molecule has 9 nitrogen and oxygen atoms in total. The third-order valence-electron chi connectivity index (χ3n) is 5.28. The Labute approximate surface area is 186 Å². The van der Waals surface area contributed by atoms with Crippen molar-refractivity contribution in [2.24, 2.45) is 12.9 Å². The fourth-order valence-corrected chi connectivity index (χ4v) is 3.53. The van der Waals surface area contributed by atoms with E-state index in [0.717, 1.165) is 27.3 Å². The lowest BCUT2D eigenvalue weighted by Crippen LogP contribution is -2.37. The largest absolute Gasteiger partial charge is 0.489 e. The molecule has 0 fully saturated rings. The third-order valence-corrected chi connectivity index (χ3v) is 5.28. The fourth-order valence-electron chi connectivity index (χ4n) is 3.53. The fraction of sp³-hybridized carbons (Fsp3) is 0.261. The number of ether oxygens (including phenoxy) is 1. The zero-order chi connectivity index (χ0) is 23.6. The van der Waals surface area contributed by atoms with E-state index < -0.39 is 12.0 Å². The molecule has 0 radical (unpaired) electrons. The minimum absolute atomic E-state index is 0.162. The summed E-state index contributed by atoms with van der Waals surface area (Å²) in [4.78, 5) is 23.4. The van der Waals surface area contributed by atoms with E-state index in [9.17, 15) is 14.7 Å². The Bertz CT molecular complexity index is 1180. The first-order chi connectivity index (χ1) is 15.1. The van der Waals surface area contributed by atoms with Crippen LogP contribution >= 0.6 is 0 Å². The second kappa shape index (κ2) is 9.11. The number of nitrogens with two attached hydrogens (primary N) is 1. The number of hydrazine groups is 1. The Morgan fingerprint density at radius 3 is 2.50 bits per heavy atom. The van der Waals surface area contributed by atoms with Crippen molar-refractivity contribution in [2.75, 3.05) is 12.4 Å². The smallest absolute Gasteiger partial charge is 0.354 e. The van der Waals surface area contributed by atoms with E-state index in [1.807, 2.05) is 44.2 Å². The van der Waals surface area contributed by atoms with Gasteiger partial charge in [0.15, 0.2) is 0 Å². The van der Waals surface area contributed by atoms with Crippen LogP contribution in [0, 0.1) is 20.8 Å². The topological polar surface area (TPSA) is 123 Å². The van der Waals surface area contributed by atoms with Crippen molar-refractivity contribution in [2.45, 2.75) is 27.4 Å². The van der Waals surface area contributed by atoms with E-state index in [2.05, 4.69) is 10.4 Å². The molecule has 2 aromatic carbocycles. The molecule has 168 valence electrons. The van der Waals surface area contributed by atoms with Crippen LogP contribution in [0.25, 0.3) is 11.3 Å². The second-order valence-electron chi connectivity index (χ2n) is 7.66. The number of nitrogens with one attached hydrogen (secondary N) is 1. The number of carboxylic acids is 1. The summed E-state index contributed by atoms with van der Waals surface area (Å²) < 4.78 is 7.43. The van der Waals surface area contributed by atoms with Gasteiger partial charge in [-0.15, -0.1) is 0 Å². The van der Waals surface area contributed by atoms with Crippen LogP contribution in [0.1, 0.15) is 32.7 Å². The van der Waals surface area contributed by atoms with Gasteiger partial charge in [-0.3, -0.25) is 9.69 Å². The van der Waals surface area contributed by atoms with Gasteiger partial charge in [0, 0.05) is 36.5 Å². The lowest BCUT2D eigenvalue weighted by atomic mass is 10.0. The monoisotopic (exact) mass is 437 g/mol. The quantitative estimate of drug-likeness (QED) is 0.307. The molecule has 3 rings (SSSR count). The zero-order valence-electron chi connectivity index (χ0n) is 18.8. The van der Waals surface area contributed by atoms with Crippen molar-refractivity contribution in [1.29, 1.82) is 0 Å². The van der Waals surface area contributed by atoms with Crippen molar-refractivity contribution < 1.29 is 19.4 Å². The minimum Gasteiger partial charge on any atom is -0.489 e. The third kappa shape index (κ3) is 4.57. The van der Waals surface area contributed by atoms with Gasteiger partial charge in [0.05, 0.1) is 5.69 Å². The minimum atomic E-state index is -1.01. The number of carbonyl (C=O) groups excluding carboxylic acids is 1. The number of carbonyl (C=O) groups is 2. The number of amides is 2. The van der Waals surface area contributed by atoms with Gasteiger partial charge in [-0.2, -0.15) is 5.10 Å². The SMILES string of the molecule is Cc1cc(-c2nn(C)c(C(=O)O)c2C)ccc1OCc1c(C)cccc1NC(=O)N(C)N. The number of urea groups is 1. The maximum atomic E-state index is 12.0. The van der Waals surface area contributed by atoms with E-state index in [1.165, 1.54) is 11.7 Å². The second-order valence-corrected chi connectivity index (χ2v) is 7.66. The van der Waals surface area contributed by atoms with E-state index in [-0.39, 0.29) is 12.3 Å². The van der Waals surface area contributed by atoms with E-state index in [0.29, 0.717) is 22.7 Å². The number of aryl methyl sites for hydroxylation is 3. The Morgan fingerprint density at radius 2 is 1.91 bits per heavy atom. The number of nitrogens with zero attached hydrogens (tertiary/aromatic N) is 3. The molecule has 2 amide bonds. The molecule has 0 aliphatic heterocycles. The molecular weight excluding hydrogens is 410 g/mol. The van der Waals surface area contributed by atoms with E-state index in [1.54, 1.807) is 20.0 Å². The molecular formula is C23H27N5O4. The van der Waals surface area contributed by atoms with E-state index in [4.69, 9.17) is 10.6 Å². The van der Waals surface area contributed by atoms with Gasteiger partial charge in [0.25, 0.3) is 0 Å². The predicted octanol–water partition coefficient (Wildman–Crippen LogP) is 3.63. The summed E-state index contributed by atoms with van der Waals surface area (Å²) in [6.07, 6.45) is 0. The van der Waals surface area contributed by atoms with Crippen LogP contribution in [-0.4, -0.2) is 38.9 Å². The summed E-state index contributed by atoms with van der Waals surface area (Å²) in [5.41, 5.74) is 5.53. The zero-order valence-corrected chi connectivity index (χ0v) is 18.8. The molecule has 32 heavy (non-hydrogen) atoms. The molecule has 0 spiro atoms. The highest BCUT2D eigenvalue weighted by Gasteiger charge is 2.20. The molecule has 1 heterocycles. The van der Waals surface area contributed by atoms with Gasteiger partial charge in [-0.1, -0.05) is 12.1 Å². The summed E-state index contributed by atoms with van der Waals surface area (Å²) in [6.45, 7) is 5.86. The highest BCUT2D eigenvalue weighted by Crippen LogP contribution is 2.30. The molecule has 9 heteroatoms. The normalized spacial score (nSPS) is 10.7.